The summed E-state index contributed by atoms with van der Waals surface area (Å²) in [5.74, 6) is 0.450. The predicted molar refractivity (Wildman–Crippen MR) is 106 cm³/mol. The van der Waals surface area contributed by atoms with E-state index in [4.69, 9.17) is 15.0 Å². The second-order valence-corrected chi connectivity index (χ2v) is 7.04. The number of carbonyl (C=O) groups is 1. The predicted octanol–water partition coefficient (Wildman–Crippen LogP) is 4.50. The molecule has 0 radical (unpaired) electrons. The lowest BCUT2D eigenvalue weighted by Gasteiger charge is -2.32. The minimum Gasteiger partial charge on any atom is -0.478 e. The van der Waals surface area contributed by atoms with Crippen LogP contribution < -0.4 is 9.64 Å². The second kappa shape index (κ2) is 7.22. The first kappa shape index (κ1) is 17.3. The molecule has 1 aliphatic rings. The lowest BCUT2D eigenvalue weighted by Crippen LogP contribution is -2.45. The topological polar surface area (TPSA) is 66.2 Å². The summed E-state index contributed by atoms with van der Waals surface area (Å²) in [6, 6.07) is 17.8. The SMILES string of the molecule is CCC1Oc2ccc(-c3csc(-c4ccccc4)n3)cc2N(CC#N)C1=O. The van der Waals surface area contributed by atoms with E-state index in [2.05, 4.69) is 6.07 Å². The molecule has 3 aromatic rings. The number of amides is 1. The summed E-state index contributed by atoms with van der Waals surface area (Å²) in [5, 5.41) is 12.1. The standard InChI is InChI=1S/C21H17N3O2S/c1-2-18-21(25)24(11-10-22)17-12-15(8-9-19(17)26-18)16-13-27-20(23-16)14-6-4-3-5-7-14/h3-9,12-13,18H,2,11H2,1H3. The van der Waals surface area contributed by atoms with Crippen LogP contribution in [0.2, 0.25) is 0 Å². The largest absolute Gasteiger partial charge is 0.478 e. The van der Waals surface area contributed by atoms with Gasteiger partial charge in [-0.05, 0) is 24.6 Å². The fourth-order valence-electron chi connectivity index (χ4n) is 3.09. The number of nitrogens with zero attached hydrogens (tertiary/aromatic N) is 3. The summed E-state index contributed by atoms with van der Waals surface area (Å²) >= 11 is 1.58. The Morgan fingerprint density at radius 1 is 1.22 bits per heavy atom. The summed E-state index contributed by atoms with van der Waals surface area (Å²) in [7, 11) is 0. The van der Waals surface area contributed by atoms with Crippen molar-refractivity contribution in [2.24, 2.45) is 0 Å². The van der Waals surface area contributed by atoms with Crippen LogP contribution >= 0.6 is 11.3 Å². The summed E-state index contributed by atoms with van der Waals surface area (Å²) in [5.41, 5.74) is 3.42. The van der Waals surface area contributed by atoms with E-state index in [1.165, 1.54) is 4.90 Å². The zero-order valence-electron chi connectivity index (χ0n) is 14.8. The maximum atomic E-state index is 12.6. The van der Waals surface area contributed by atoms with E-state index in [0.29, 0.717) is 17.9 Å². The van der Waals surface area contributed by atoms with Gasteiger partial charge in [-0.15, -0.1) is 11.3 Å². The molecule has 1 amide bonds. The van der Waals surface area contributed by atoms with Crippen LogP contribution in [0.25, 0.3) is 21.8 Å². The Morgan fingerprint density at radius 2 is 2.04 bits per heavy atom. The highest BCUT2D eigenvalue weighted by molar-refractivity contribution is 7.13. The minimum atomic E-state index is -0.541. The van der Waals surface area contributed by atoms with Crippen LogP contribution in [0, 0.1) is 11.3 Å². The maximum absolute atomic E-state index is 12.6. The van der Waals surface area contributed by atoms with Gasteiger partial charge in [0.15, 0.2) is 6.10 Å². The zero-order valence-corrected chi connectivity index (χ0v) is 15.6. The number of benzene rings is 2. The highest BCUT2D eigenvalue weighted by Gasteiger charge is 2.33. The summed E-state index contributed by atoms with van der Waals surface area (Å²) in [4.78, 5) is 18.8. The number of carbonyl (C=O) groups excluding carboxylic acids is 1. The Balaban J connectivity index is 1.72. The first-order chi connectivity index (χ1) is 13.2. The first-order valence-corrected chi connectivity index (χ1v) is 9.59. The van der Waals surface area contributed by atoms with Crippen LogP contribution in [0.4, 0.5) is 5.69 Å². The molecule has 1 unspecified atom stereocenters. The third-order valence-electron chi connectivity index (χ3n) is 4.48. The van der Waals surface area contributed by atoms with Crippen molar-refractivity contribution in [1.82, 2.24) is 4.98 Å². The molecule has 4 rings (SSSR count). The molecule has 27 heavy (non-hydrogen) atoms. The molecule has 0 N–H and O–H groups in total. The number of fused-ring (bicyclic) bond motifs is 1. The Bertz CT molecular complexity index is 1020. The van der Waals surface area contributed by atoms with Crippen LogP contribution in [-0.4, -0.2) is 23.5 Å². The van der Waals surface area contributed by atoms with Gasteiger partial charge in [-0.3, -0.25) is 9.69 Å². The van der Waals surface area contributed by atoms with Gasteiger partial charge in [0, 0.05) is 16.5 Å². The van der Waals surface area contributed by atoms with Crippen molar-refractivity contribution in [2.45, 2.75) is 19.4 Å². The maximum Gasteiger partial charge on any atom is 0.269 e. The molecule has 1 atom stereocenters. The van der Waals surface area contributed by atoms with E-state index in [0.717, 1.165) is 21.8 Å². The van der Waals surface area contributed by atoms with Crippen molar-refractivity contribution in [3.63, 3.8) is 0 Å². The highest BCUT2D eigenvalue weighted by Crippen LogP contribution is 2.38. The van der Waals surface area contributed by atoms with Gasteiger partial charge in [-0.2, -0.15) is 5.26 Å². The van der Waals surface area contributed by atoms with Gasteiger partial charge in [-0.25, -0.2) is 4.98 Å². The smallest absolute Gasteiger partial charge is 0.269 e. The monoisotopic (exact) mass is 375 g/mol. The molecule has 0 saturated carbocycles. The zero-order chi connectivity index (χ0) is 18.8. The summed E-state index contributed by atoms with van der Waals surface area (Å²) in [6.07, 6.45) is 0.0229. The van der Waals surface area contributed by atoms with Gasteiger partial charge in [0.05, 0.1) is 17.5 Å². The molecule has 2 aromatic carbocycles. The number of nitriles is 1. The number of aromatic nitrogens is 1. The summed E-state index contributed by atoms with van der Waals surface area (Å²) in [6.45, 7) is 1.90. The fraction of sp³-hybridized carbons (Fsp3) is 0.190. The lowest BCUT2D eigenvalue weighted by atomic mass is 10.1. The van der Waals surface area contributed by atoms with Gasteiger partial charge in [-0.1, -0.05) is 37.3 Å². The molecule has 2 heterocycles. The molecule has 1 aliphatic heterocycles. The van der Waals surface area contributed by atoms with Crippen LogP contribution in [0.1, 0.15) is 13.3 Å². The fourth-order valence-corrected chi connectivity index (χ4v) is 3.93. The Kier molecular flexibility index (Phi) is 4.61. The van der Waals surface area contributed by atoms with Crippen LogP contribution in [0.3, 0.4) is 0 Å². The molecule has 5 nitrogen and oxygen atoms in total. The van der Waals surface area contributed by atoms with Crippen molar-refractivity contribution in [3.05, 3.63) is 53.9 Å². The number of thiazole rings is 1. The Morgan fingerprint density at radius 3 is 2.78 bits per heavy atom. The number of rotatable bonds is 4. The van der Waals surface area contributed by atoms with Crippen molar-refractivity contribution >= 4 is 22.9 Å². The second-order valence-electron chi connectivity index (χ2n) is 6.18. The van der Waals surface area contributed by atoms with Gasteiger partial charge >= 0.3 is 0 Å². The van der Waals surface area contributed by atoms with Gasteiger partial charge in [0.2, 0.25) is 0 Å². The summed E-state index contributed by atoms with van der Waals surface area (Å²) < 4.78 is 5.82. The molecule has 6 heteroatoms. The lowest BCUT2D eigenvalue weighted by molar-refractivity contribution is -0.126. The third kappa shape index (κ3) is 3.18. The normalized spacial score (nSPS) is 15.8. The van der Waals surface area contributed by atoms with Crippen LogP contribution in [0.15, 0.2) is 53.9 Å². The van der Waals surface area contributed by atoms with Gasteiger partial charge in [0.25, 0.3) is 5.91 Å². The van der Waals surface area contributed by atoms with E-state index >= 15 is 0 Å². The van der Waals surface area contributed by atoms with Crippen molar-refractivity contribution in [2.75, 3.05) is 11.4 Å². The Labute approximate surface area is 161 Å². The van der Waals surface area contributed by atoms with Crippen LogP contribution in [-0.2, 0) is 4.79 Å². The number of hydrogen-bond donors (Lipinski definition) is 0. The van der Waals surface area contributed by atoms with E-state index < -0.39 is 6.10 Å². The average molecular weight is 375 g/mol. The number of hydrogen-bond acceptors (Lipinski definition) is 5. The van der Waals surface area contributed by atoms with Gasteiger partial charge < -0.3 is 4.74 Å². The molecule has 0 spiro atoms. The van der Waals surface area contributed by atoms with Crippen molar-refractivity contribution in [3.8, 4) is 33.6 Å². The molecular weight excluding hydrogens is 358 g/mol. The minimum absolute atomic E-state index is 0.00147. The van der Waals surface area contributed by atoms with E-state index in [1.54, 1.807) is 11.3 Å². The molecule has 1 aromatic heterocycles. The molecule has 0 fully saturated rings. The molecule has 134 valence electrons. The molecule has 0 saturated heterocycles. The van der Waals surface area contributed by atoms with Crippen molar-refractivity contribution < 1.29 is 9.53 Å². The van der Waals surface area contributed by atoms with Crippen molar-refractivity contribution in [1.29, 1.82) is 5.26 Å². The third-order valence-corrected chi connectivity index (χ3v) is 5.37. The molecule has 0 aliphatic carbocycles. The van der Waals surface area contributed by atoms with E-state index in [-0.39, 0.29) is 12.5 Å². The van der Waals surface area contributed by atoms with Gasteiger partial charge in [0.1, 0.15) is 17.3 Å². The van der Waals surface area contributed by atoms with E-state index in [1.807, 2.05) is 60.8 Å². The highest BCUT2D eigenvalue weighted by atomic mass is 32.1. The molecular formula is C21H17N3O2S. The van der Waals surface area contributed by atoms with Crippen LogP contribution in [0.5, 0.6) is 5.75 Å². The average Bonchev–Trinajstić information content (AvgIpc) is 3.20. The first-order valence-electron chi connectivity index (χ1n) is 8.71. The number of anilines is 1. The quantitative estimate of drug-likeness (QED) is 0.630. The Hall–Kier alpha value is -3.17. The molecule has 0 bridgehead atoms. The van der Waals surface area contributed by atoms with E-state index in [9.17, 15) is 4.79 Å². The number of ether oxygens (including phenoxy) is 1.